The highest BCUT2D eigenvalue weighted by atomic mass is 16.3. The molecule has 29 heavy (non-hydrogen) atoms. The predicted octanol–water partition coefficient (Wildman–Crippen LogP) is 5.25. The highest BCUT2D eigenvalue weighted by Crippen LogP contribution is 2.25. The lowest BCUT2D eigenvalue weighted by Crippen LogP contribution is -2.15. The zero-order valence-corrected chi connectivity index (χ0v) is 15.6. The summed E-state index contributed by atoms with van der Waals surface area (Å²) in [5.41, 5.74) is 2.03. The summed E-state index contributed by atoms with van der Waals surface area (Å²) in [5, 5.41) is 20.5. The summed E-state index contributed by atoms with van der Waals surface area (Å²) in [5.74, 6) is -0.102. The van der Waals surface area contributed by atoms with Gasteiger partial charge in [-0.2, -0.15) is 5.10 Å². The number of phenols is 1. The van der Waals surface area contributed by atoms with E-state index in [0.29, 0.717) is 16.7 Å². The van der Waals surface area contributed by atoms with Crippen molar-refractivity contribution in [3.05, 3.63) is 114 Å². The largest absolute Gasteiger partial charge is 0.507 e. The molecule has 4 aromatic carbocycles. The van der Waals surface area contributed by atoms with Crippen LogP contribution in [-0.4, -0.2) is 22.8 Å². The summed E-state index contributed by atoms with van der Waals surface area (Å²) < 4.78 is 0. The van der Waals surface area contributed by atoms with Gasteiger partial charge in [0.2, 0.25) is 5.78 Å². The van der Waals surface area contributed by atoms with Crippen molar-refractivity contribution < 1.29 is 9.90 Å². The van der Waals surface area contributed by atoms with E-state index < -0.39 is 0 Å². The van der Waals surface area contributed by atoms with E-state index in [0.717, 1.165) is 10.8 Å². The molecule has 4 nitrogen and oxygen atoms in total. The van der Waals surface area contributed by atoms with Crippen LogP contribution in [0.4, 0.5) is 0 Å². The molecule has 0 atom stereocenters. The molecule has 0 saturated carbocycles. The standard InChI is InChI=1S/C25H18N2O2/c28-23-16-15-18-9-7-8-14-21(18)22(23)17-26-27-24(19-10-3-1-4-11-19)25(29)20-12-5-2-6-13-20/h1-17,28H/b26-17?,27-24-. The van der Waals surface area contributed by atoms with Gasteiger partial charge in [0.05, 0.1) is 6.21 Å². The number of ketones is 1. The van der Waals surface area contributed by atoms with Gasteiger partial charge in [0.15, 0.2) is 0 Å². The van der Waals surface area contributed by atoms with Crippen LogP contribution in [0.2, 0.25) is 0 Å². The van der Waals surface area contributed by atoms with E-state index in [1.807, 2.05) is 78.9 Å². The van der Waals surface area contributed by atoms with Crippen molar-refractivity contribution in [3.8, 4) is 5.75 Å². The first kappa shape index (κ1) is 18.3. The molecular weight excluding hydrogens is 360 g/mol. The molecule has 0 aliphatic rings. The Morgan fingerprint density at radius 2 is 1.34 bits per heavy atom. The number of hydrogen-bond donors (Lipinski definition) is 1. The molecule has 0 spiro atoms. The Morgan fingerprint density at radius 3 is 2.07 bits per heavy atom. The van der Waals surface area contributed by atoms with Gasteiger partial charge < -0.3 is 5.11 Å². The van der Waals surface area contributed by atoms with Gasteiger partial charge in [-0.3, -0.25) is 4.79 Å². The Balaban J connectivity index is 1.77. The number of hydrogen-bond acceptors (Lipinski definition) is 4. The van der Waals surface area contributed by atoms with Crippen molar-refractivity contribution in [2.75, 3.05) is 0 Å². The Kier molecular flexibility index (Phi) is 5.25. The van der Waals surface area contributed by atoms with Gasteiger partial charge in [-0.15, -0.1) is 5.10 Å². The molecule has 0 heterocycles. The minimum atomic E-state index is -0.212. The number of fused-ring (bicyclic) bond motifs is 1. The number of aromatic hydroxyl groups is 1. The first-order chi connectivity index (χ1) is 14.2. The van der Waals surface area contributed by atoms with Gasteiger partial charge in [0, 0.05) is 16.7 Å². The maximum atomic E-state index is 13.0. The lowest BCUT2D eigenvalue weighted by atomic mass is 10.0. The third-order valence-electron chi connectivity index (χ3n) is 4.59. The second-order valence-corrected chi connectivity index (χ2v) is 6.47. The molecule has 0 saturated heterocycles. The molecule has 0 aliphatic heterocycles. The third-order valence-corrected chi connectivity index (χ3v) is 4.59. The highest BCUT2D eigenvalue weighted by molar-refractivity contribution is 6.51. The zero-order valence-electron chi connectivity index (χ0n) is 15.6. The van der Waals surface area contributed by atoms with Crippen LogP contribution in [0, 0.1) is 0 Å². The quantitative estimate of drug-likeness (QED) is 0.293. The van der Waals surface area contributed by atoms with Crippen molar-refractivity contribution in [2.45, 2.75) is 0 Å². The van der Waals surface area contributed by atoms with Gasteiger partial charge in [-0.25, -0.2) is 0 Å². The van der Waals surface area contributed by atoms with Gasteiger partial charge in [0.25, 0.3) is 0 Å². The van der Waals surface area contributed by atoms with E-state index in [4.69, 9.17) is 0 Å². The van der Waals surface area contributed by atoms with Crippen molar-refractivity contribution in [3.63, 3.8) is 0 Å². The summed E-state index contributed by atoms with van der Waals surface area (Å²) in [7, 11) is 0. The Bertz CT molecular complexity index is 1210. The lowest BCUT2D eigenvalue weighted by Gasteiger charge is -2.05. The van der Waals surface area contributed by atoms with Gasteiger partial charge in [0.1, 0.15) is 11.5 Å². The maximum absolute atomic E-state index is 13.0. The topological polar surface area (TPSA) is 62.0 Å². The van der Waals surface area contributed by atoms with E-state index in [1.54, 1.807) is 18.2 Å². The van der Waals surface area contributed by atoms with Crippen LogP contribution in [0.15, 0.2) is 107 Å². The van der Waals surface area contributed by atoms with Crippen LogP contribution < -0.4 is 0 Å². The summed E-state index contributed by atoms with van der Waals surface area (Å²) in [6.07, 6.45) is 1.48. The average Bonchev–Trinajstić information content (AvgIpc) is 2.79. The van der Waals surface area contributed by atoms with Crippen molar-refractivity contribution in [2.24, 2.45) is 10.2 Å². The maximum Gasteiger partial charge on any atom is 0.213 e. The molecule has 0 amide bonds. The van der Waals surface area contributed by atoms with Crippen LogP contribution >= 0.6 is 0 Å². The molecule has 4 aromatic rings. The van der Waals surface area contributed by atoms with Crippen LogP contribution in [0.3, 0.4) is 0 Å². The molecule has 0 bridgehead atoms. The van der Waals surface area contributed by atoms with Crippen LogP contribution in [0.1, 0.15) is 21.5 Å². The number of carbonyl (C=O) groups excluding carboxylic acids is 1. The summed E-state index contributed by atoms with van der Waals surface area (Å²) in [4.78, 5) is 13.0. The smallest absolute Gasteiger partial charge is 0.213 e. The number of rotatable bonds is 5. The van der Waals surface area contributed by atoms with E-state index >= 15 is 0 Å². The molecule has 0 aliphatic carbocycles. The van der Waals surface area contributed by atoms with Gasteiger partial charge in [-0.1, -0.05) is 91.0 Å². The number of Topliss-reactive ketones (excluding diaryl/α,β-unsaturated/α-hetero) is 1. The number of phenolic OH excluding ortho intramolecular Hbond substituents is 1. The molecule has 1 N–H and O–H groups in total. The van der Waals surface area contributed by atoms with Crippen molar-refractivity contribution in [1.82, 2.24) is 0 Å². The van der Waals surface area contributed by atoms with E-state index in [1.165, 1.54) is 6.21 Å². The van der Waals surface area contributed by atoms with E-state index in [9.17, 15) is 9.90 Å². The fourth-order valence-corrected chi connectivity index (χ4v) is 3.12. The Labute approximate surface area is 168 Å². The Hall–Kier alpha value is -4.05. The minimum Gasteiger partial charge on any atom is -0.507 e. The molecule has 0 fully saturated rings. The summed E-state index contributed by atoms with van der Waals surface area (Å²) in [6, 6.07) is 29.4. The first-order valence-electron chi connectivity index (χ1n) is 9.21. The van der Waals surface area contributed by atoms with Crippen LogP contribution in [-0.2, 0) is 0 Å². The third kappa shape index (κ3) is 3.96. The fraction of sp³-hybridized carbons (Fsp3) is 0. The van der Waals surface area contributed by atoms with Crippen molar-refractivity contribution in [1.29, 1.82) is 0 Å². The second kappa shape index (κ2) is 8.31. The molecule has 0 unspecified atom stereocenters. The summed E-state index contributed by atoms with van der Waals surface area (Å²) >= 11 is 0. The minimum absolute atomic E-state index is 0.110. The lowest BCUT2D eigenvalue weighted by molar-refractivity contribution is 0.106. The number of benzene rings is 4. The van der Waals surface area contributed by atoms with Gasteiger partial charge in [-0.05, 0) is 16.8 Å². The fourth-order valence-electron chi connectivity index (χ4n) is 3.12. The molecule has 4 rings (SSSR count). The van der Waals surface area contributed by atoms with Crippen LogP contribution in [0.5, 0.6) is 5.75 Å². The van der Waals surface area contributed by atoms with Crippen LogP contribution in [0.25, 0.3) is 10.8 Å². The average molecular weight is 378 g/mol. The highest BCUT2D eigenvalue weighted by Gasteiger charge is 2.16. The second-order valence-electron chi connectivity index (χ2n) is 6.47. The van der Waals surface area contributed by atoms with Gasteiger partial charge >= 0.3 is 0 Å². The first-order valence-corrected chi connectivity index (χ1v) is 9.21. The number of carbonyl (C=O) groups is 1. The number of nitrogens with zero attached hydrogens (tertiary/aromatic N) is 2. The molecule has 0 aromatic heterocycles. The monoisotopic (exact) mass is 378 g/mol. The molecule has 140 valence electrons. The normalized spacial score (nSPS) is 11.8. The zero-order chi connectivity index (χ0) is 20.1. The molecule has 4 heteroatoms. The predicted molar refractivity (Wildman–Crippen MR) is 117 cm³/mol. The summed E-state index contributed by atoms with van der Waals surface area (Å²) in [6.45, 7) is 0. The Morgan fingerprint density at radius 1 is 0.724 bits per heavy atom. The van der Waals surface area contributed by atoms with Crippen molar-refractivity contribution >= 4 is 28.5 Å². The molecule has 0 radical (unpaired) electrons. The molecular formula is C25H18N2O2. The van der Waals surface area contributed by atoms with E-state index in [-0.39, 0.29) is 17.2 Å². The van der Waals surface area contributed by atoms with E-state index in [2.05, 4.69) is 10.2 Å². The SMILES string of the molecule is O=C(/C(=N\N=Cc1c(O)ccc2ccccc12)c1ccccc1)c1ccccc1.